The predicted molar refractivity (Wildman–Crippen MR) is 118 cm³/mol. The van der Waals surface area contributed by atoms with E-state index >= 15 is 0 Å². The quantitative estimate of drug-likeness (QED) is 0.368. The van der Waals surface area contributed by atoms with E-state index in [4.69, 9.17) is 0 Å². The molecule has 0 aliphatic carbocycles. The van der Waals surface area contributed by atoms with Crippen LogP contribution in [0, 0.1) is 0 Å². The van der Waals surface area contributed by atoms with Crippen molar-refractivity contribution >= 4 is 40.5 Å². The molecule has 0 aliphatic rings. The molecule has 34 heavy (non-hydrogen) atoms. The minimum atomic E-state index is -3.92. The predicted octanol–water partition coefficient (Wildman–Crippen LogP) is 0.174. The molecule has 1 rings (SSSR count). The Hall–Kier alpha value is -0.267. The first-order valence-electron chi connectivity index (χ1n) is 9.41. The first-order valence-corrected chi connectivity index (χ1v) is 15.7. The minimum absolute atomic E-state index is 0. The molecule has 1 N–H and O–H groups in total. The number of aromatic amines is 1. The monoisotopic (exact) mass is 650 g/mol. The van der Waals surface area contributed by atoms with E-state index in [9.17, 15) is 51.9 Å². The SMILES string of the molecule is CCCS(=O)(=O)[O-].CCCS(=O)(=O)[O-].CCCS(=O)(=O)[O-].CCCS(=O)(=O)[O-].[Zr+4].c1c[nH]cn1. The third kappa shape index (κ3) is 69.7. The van der Waals surface area contributed by atoms with Crippen LogP contribution in [-0.4, -0.2) is 84.9 Å². The summed E-state index contributed by atoms with van der Waals surface area (Å²) in [7, 11) is -15.7. The molecule has 0 bridgehead atoms. The molecule has 0 fully saturated rings. The smallest absolute Gasteiger partial charge is 0.748 e. The summed E-state index contributed by atoms with van der Waals surface area (Å²) in [6.07, 6.45) is 6.72. The Bertz CT molecular complexity index is 809. The van der Waals surface area contributed by atoms with Gasteiger partial charge < -0.3 is 23.2 Å². The first kappa shape index (κ1) is 43.8. The van der Waals surface area contributed by atoms with Crippen molar-refractivity contribution in [2.24, 2.45) is 0 Å². The van der Waals surface area contributed by atoms with E-state index in [-0.39, 0.29) is 49.2 Å². The largest absolute Gasteiger partial charge is 4.00 e. The van der Waals surface area contributed by atoms with Crippen LogP contribution in [0.3, 0.4) is 0 Å². The molecule has 1 aromatic rings. The zero-order valence-electron chi connectivity index (χ0n) is 19.4. The Labute approximate surface area is 222 Å². The summed E-state index contributed by atoms with van der Waals surface area (Å²) >= 11 is 0. The van der Waals surface area contributed by atoms with E-state index in [1.165, 1.54) is 0 Å². The van der Waals surface area contributed by atoms with Crippen molar-refractivity contribution in [3.63, 3.8) is 0 Å². The molecule has 0 aromatic carbocycles. The summed E-state index contributed by atoms with van der Waals surface area (Å²) in [5.74, 6) is -0.972. The van der Waals surface area contributed by atoms with Crippen LogP contribution in [0.25, 0.3) is 0 Å². The maximum absolute atomic E-state index is 9.68. The van der Waals surface area contributed by atoms with Crippen molar-refractivity contribution in [3.8, 4) is 0 Å². The van der Waals surface area contributed by atoms with Gasteiger partial charge in [0, 0.05) is 35.4 Å². The number of rotatable bonds is 8. The zero-order valence-corrected chi connectivity index (χ0v) is 25.1. The molecule has 14 nitrogen and oxygen atoms in total. The van der Waals surface area contributed by atoms with Crippen molar-refractivity contribution in [3.05, 3.63) is 18.7 Å². The fourth-order valence-electron chi connectivity index (χ4n) is 1.22. The van der Waals surface area contributed by atoms with Gasteiger partial charge >= 0.3 is 26.2 Å². The Morgan fingerprint density at radius 2 is 0.824 bits per heavy atom. The van der Waals surface area contributed by atoms with Crippen molar-refractivity contribution < 1.29 is 78.1 Å². The van der Waals surface area contributed by atoms with Gasteiger partial charge in [-0.1, -0.05) is 27.7 Å². The second-order valence-electron chi connectivity index (χ2n) is 5.81. The van der Waals surface area contributed by atoms with Crippen LogP contribution in [0.5, 0.6) is 0 Å². The zero-order chi connectivity index (χ0) is 27.2. The van der Waals surface area contributed by atoms with Gasteiger partial charge in [0.25, 0.3) is 0 Å². The maximum atomic E-state index is 9.68. The van der Waals surface area contributed by atoms with E-state index < -0.39 is 40.5 Å². The average molecular weight is 652 g/mol. The minimum Gasteiger partial charge on any atom is -0.748 e. The van der Waals surface area contributed by atoms with Crippen molar-refractivity contribution in [2.45, 2.75) is 53.4 Å². The van der Waals surface area contributed by atoms with Gasteiger partial charge in [-0.15, -0.1) is 0 Å². The van der Waals surface area contributed by atoms with Gasteiger partial charge in [-0.2, -0.15) is 0 Å². The normalized spacial score (nSPS) is 10.8. The van der Waals surface area contributed by atoms with Crippen molar-refractivity contribution in [1.82, 2.24) is 9.97 Å². The Morgan fingerprint density at radius 3 is 0.853 bits per heavy atom. The molecule has 1 aromatic heterocycles. The van der Waals surface area contributed by atoms with E-state index in [0.717, 1.165) is 0 Å². The topological polar surface area (TPSA) is 257 Å². The van der Waals surface area contributed by atoms with Crippen LogP contribution in [0.4, 0.5) is 0 Å². The van der Waals surface area contributed by atoms with Crippen LogP contribution >= 0.6 is 0 Å². The Balaban J connectivity index is -0.000000103. The molecule has 0 atom stereocenters. The molecule has 19 heteroatoms. The van der Waals surface area contributed by atoms with E-state index in [1.807, 2.05) is 0 Å². The second-order valence-corrected chi connectivity index (χ2v) is 11.9. The number of H-pyrrole nitrogens is 1. The molecule has 0 radical (unpaired) electrons. The standard InChI is InChI=1S/C3H4N2.4C3H8O3S.Zr/c1-2-5-3-4-1;4*1-2-3-7(4,5)6;/h1-3H,(H,4,5);4*2-3H2,1H3,(H,4,5,6);/q;;;;;+4/p-4. The van der Waals surface area contributed by atoms with E-state index in [2.05, 4.69) is 9.97 Å². The van der Waals surface area contributed by atoms with Crippen LogP contribution < -0.4 is 0 Å². The molecule has 202 valence electrons. The Morgan fingerprint density at radius 1 is 0.588 bits per heavy atom. The molecule has 0 aliphatic heterocycles. The summed E-state index contributed by atoms with van der Waals surface area (Å²) in [6, 6.07) is 0. The van der Waals surface area contributed by atoms with E-state index in [0.29, 0.717) is 25.7 Å². The second kappa shape index (κ2) is 24.4. The maximum Gasteiger partial charge on any atom is 4.00 e. The molecular formula is C15H32N2O12S4Zr. The van der Waals surface area contributed by atoms with Crippen LogP contribution in [0.15, 0.2) is 18.7 Å². The molecule has 0 saturated heterocycles. The number of aromatic nitrogens is 2. The number of hydrogen-bond donors (Lipinski definition) is 1. The third-order valence-electron chi connectivity index (χ3n) is 2.22. The number of nitrogens with zero attached hydrogens (tertiary/aromatic N) is 1. The molecule has 0 saturated carbocycles. The summed E-state index contributed by atoms with van der Waals surface area (Å²) in [4.78, 5) is 6.42. The van der Waals surface area contributed by atoms with Gasteiger partial charge in [-0.05, 0) is 25.7 Å². The van der Waals surface area contributed by atoms with Gasteiger partial charge in [0.2, 0.25) is 0 Å². The van der Waals surface area contributed by atoms with Crippen LogP contribution in [0.1, 0.15) is 53.4 Å². The molecule has 0 spiro atoms. The first-order chi connectivity index (χ1) is 14.7. The fourth-order valence-corrected chi connectivity index (χ4v) is 3.22. The summed E-state index contributed by atoms with van der Waals surface area (Å²) in [5.41, 5.74) is 0. The van der Waals surface area contributed by atoms with Gasteiger partial charge in [0.15, 0.2) is 0 Å². The van der Waals surface area contributed by atoms with Crippen molar-refractivity contribution in [2.75, 3.05) is 23.0 Å². The summed E-state index contributed by atoms with van der Waals surface area (Å²) in [6.45, 7) is 6.59. The molecule has 1 heterocycles. The fraction of sp³-hybridized carbons (Fsp3) is 0.800. The number of nitrogens with one attached hydrogen (secondary N) is 1. The molecular weight excluding hydrogens is 620 g/mol. The van der Waals surface area contributed by atoms with Crippen LogP contribution in [-0.2, 0) is 66.7 Å². The van der Waals surface area contributed by atoms with Gasteiger partial charge in [-0.25, -0.2) is 38.7 Å². The Kier molecular flexibility index (Phi) is 31.5. The average Bonchev–Trinajstić information content (AvgIpc) is 3.11. The summed E-state index contributed by atoms with van der Waals surface area (Å²) in [5, 5.41) is 0. The summed E-state index contributed by atoms with van der Waals surface area (Å²) < 4.78 is 116. The molecule has 0 unspecified atom stereocenters. The van der Waals surface area contributed by atoms with Gasteiger partial charge in [0.05, 0.1) is 46.8 Å². The van der Waals surface area contributed by atoms with E-state index in [1.54, 1.807) is 46.4 Å². The molecule has 0 amide bonds. The van der Waals surface area contributed by atoms with Gasteiger partial charge in [0.1, 0.15) is 0 Å². The number of hydrogen-bond acceptors (Lipinski definition) is 13. The van der Waals surface area contributed by atoms with Gasteiger partial charge in [-0.3, -0.25) is 0 Å². The van der Waals surface area contributed by atoms with Crippen molar-refractivity contribution in [1.29, 1.82) is 0 Å². The van der Waals surface area contributed by atoms with Crippen LogP contribution in [0.2, 0.25) is 0 Å². The third-order valence-corrected chi connectivity index (χ3v) is 5.86. The number of imidazole rings is 1.